The van der Waals surface area contributed by atoms with Gasteiger partial charge >= 0.3 is 5.97 Å². The first-order chi connectivity index (χ1) is 13.0. The molecule has 0 fully saturated rings. The van der Waals surface area contributed by atoms with Crippen LogP contribution in [0.2, 0.25) is 0 Å². The fourth-order valence-corrected chi connectivity index (χ4v) is 4.22. The number of hydrogen-bond acceptors (Lipinski definition) is 6. The number of methoxy groups -OCH3 is 2. The number of thiophene rings is 1. The largest absolute Gasteiger partial charge is 0.493 e. The van der Waals surface area contributed by atoms with Gasteiger partial charge < -0.3 is 19.5 Å². The molecule has 0 saturated carbocycles. The van der Waals surface area contributed by atoms with E-state index in [1.54, 1.807) is 25.3 Å². The minimum Gasteiger partial charge on any atom is -0.493 e. The Morgan fingerprint density at radius 3 is 2.70 bits per heavy atom. The molecule has 1 aliphatic rings. The number of benzene rings is 1. The zero-order valence-electron chi connectivity index (χ0n) is 15.7. The maximum atomic E-state index is 12.3. The van der Waals surface area contributed by atoms with Crippen molar-refractivity contribution in [1.82, 2.24) is 0 Å². The highest BCUT2D eigenvalue weighted by Gasteiger charge is 2.21. The Hall–Kier alpha value is -2.54. The quantitative estimate of drug-likeness (QED) is 0.763. The number of amides is 1. The molecule has 1 aliphatic carbocycles. The molecule has 0 aliphatic heterocycles. The first-order valence-electron chi connectivity index (χ1n) is 8.80. The van der Waals surface area contributed by atoms with E-state index >= 15 is 0 Å². The highest BCUT2D eigenvalue weighted by atomic mass is 32.1. The fraction of sp³-hybridized carbons (Fsp3) is 0.400. The van der Waals surface area contributed by atoms with Crippen molar-refractivity contribution in [2.24, 2.45) is 5.92 Å². The highest BCUT2D eigenvalue weighted by molar-refractivity contribution is 7.14. The van der Waals surface area contributed by atoms with E-state index in [1.165, 1.54) is 28.9 Å². The Morgan fingerprint density at radius 2 is 1.96 bits per heavy atom. The molecular formula is C20H23NO5S. The lowest BCUT2D eigenvalue weighted by Gasteiger charge is -2.16. The molecule has 2 aromatic rings. The second kappa shape index (κ2) is 8.43. The summed E-state index contributed by atoms with van der Waals surface area (Å²) in [4.78, 5) is 26.2. The molecule has 0 radical (unpaired) electrons. The monoisotopic (exact) mass is 389 g/mol. The summed E-state index contributed by atoms with van der Waals surface area (Å²) in [6.07, 6.45) is 3.16. The van der Waals surface area contributed by atoms with Crippen molar-refractivity contribution < 1.29 is 23.8 Å². The summed E-state index contributed by atoms with van der Waals surface area (Å²) < 4.78 is 15.5. The lowest BCUT2D eigenvalue weighted by atomic mass is 9.90. The molecule has 7 heteroatoms. The van der Waals surface area contributed by atoms with Crippen molar-refractivity contribution in [3.8, 4) is 11.5 Å². The number of carbonyl (C=O) groups is 2. The maximum Gasteiger partial charge on any atom is 0.348 e. The van der Waals surface area contributed by atoms with Gasteiger partial charge in [-0.2, -0.15) is 0 Å². The van der Waals surface area contributed by atoms with E-state index in [-0.39, 0.29) is 6.61 Å². The van der Waals surface area contributed by atoms with E-state index in [1.807, 2.05) is 6.07 Å². The summed E-state index contributed by atoms with van der Waals surface area (Å²) in [6.45, 7) is 1.88. The van der Waals surface area contributed by atoms with Crippen LogP contribution in [0.15, 0.2) is 24.3 Å². The van der Waals surface area contributed by atoms with Gasteiger partial charge in [-0.25, -0.2) is 4.79 Å². The number of ether oxygens (including phenoxy) is 3. The maximum absolute atomic E-state index is 12.3. The highest BCUT2D eigenvalue weighted by Crippen LogP contribution is 2.32. The molecule has 3 rings (SSSR count). The van der Waals surface area contributed by atoms with Crippen molar-refractivity contribution in [1.29, 1.82) is 0 Å². The summed E-state index contributed by atoms with van der Waals surface area (Å²) in [5.41, 5.74) is 1.77. The molecule has 0 spiro atoms. The van der Waals surface area contributed by atoms with Crippen LogP contribution in [0.5, 0.6) is 11.5 Å². The molecule has 1 amide bonds. The number of fused-ring (bicyclic) bond motifs is 1. The van der Waals surface area contributed by atoms with E-state index in [0.29, 0.717) is 28.0 Å². The smallest absolute Gasteiger partial charge is 0.348 e. The second-order valence-electron chi connectivity index (χ2n) is 6.60. The van der Waals surface area contributed by atoms with Crippen LogP contribution in [0, 0.1) is 5.92 Å². The minimum atomic E-state index is -0.454. The normalized spacial score (nSPS) is 15.6. The molecule has 27 heavy (non-hydrogen) atoms. The standard InChI is InChI=1S/C20H23NO5S/c1-12-4-7-17-13(8-12)9-18(27-17)20(23)26-11-19(22)21-14-5-6-15(24-2)16(10-14)25-3/h5-6,9-10,12H,4,7-8,11H2,1-3H3,(H,21,22)/t12-/m1/s1. The van der Waals surface area contributed by atoms with Crippen molar-refractivity contribution in [2.75, 3.05) is 26.1 Å². The lowest BCUT2D eigenvalue weighted by molar-refractivity contribution is -0.119. The van der Waals surface area contributed by atoms with Crippen LogP contribution in [0.25, 0.3) is 0 Å². The van der Waals surface area contributed by atoms with Gasteiger partial charge in [0.1, 0.15) is 4.88 Å². The molecule has 144 valence electrons. The van der Waals surface area contributed by atoms with Crippen LogP contribution >= 0.6 is 11.3 Å². The Morgan fingerprint density at radius 1 is 1.19 bits per heavy atom. The number of hydrogen-bond donors (Lipinski definition) is 1. The molecular weight excluding hydrogens is 366 g/mol. The number of nitrogens with one attached hydrogen (secondary N) is 1. The third kappa shape index (κ3) is 4.60. The minimum absolute atomic E-state index is 0.341. The van der Waals surface area contributed by atoms with Gasteiger partial charge in [-0.05, 0) is 48.9 Å². The molecule has 1 aromatic heterocycles. The third-order valence-corrected chi connectivity index (χ3v) is 5.75. The van der Waals surface area contributed by atoms with Crippen LogP contribution in [-0.2, 0) is 22.4 Å². The number of anilines is 1. The van der Waals surface area contributed by atoms with Gasteiger partial charge in [0.25, 0.3) is 5.91 Å². The van der Waals surface area contributed by atoms with E-state index in [9.17, 15) is 9.59 Å². The molecule has 1 aromatic carbocycles. The van der Waals surface area contributed by atoms with Crippen molar-refractivity contribution in [3.05, 3.63) is 39.6 Å². The van der Waals surface area contributed by atoms with Gasteiger partial charge in [-0.3, -0.25) is 4.79 Å². The molecule has 0 unspecified atom stereocenters. The van der Waals surface area contributed by atoms with Crippen LogP contribution in [0.1, 0.15) is 33.5 Å². The fourth-order valence-electron chi connectivity index (χ4n) is 3.12. The molecule has 6 nitrogen and oxygen atoms in total. The Labute approximate surface area is 162 Å². The van der Waals surface area contributed by atoms with E-state index in [2.05, 4.69) is 12.2 Å². The van der Waals surface area contributed by atoms with Gasteiger partial charge in [-0.15, -0.1) is 11.3 Å². The number of esters is 1. The summed E-state index contributed by atoms with van der Waals surface area (Å²) in [5, 5.41) is 2.68. The number of aryl methyl sites for hydroxylation is 1. The summed E-state index contributed by atoms with van der Waals surface area (Å²) in [7, 11) is 3.06. The van der Waals surface area contributed by atoms with Crippen LogP contribution in [0.4, 0.5) is 5.69 Å². The first-order valence-corrected chi connectivity index (χ1v) is 9.62. The van der Waals surface area contributed by atoms with Crippen molar-refractivity contribution in [2.45, 2.75) is 26.2 Å². The second-order valence-corrected chi connectivity index (χ2v) is 7.74. The topological polar surface area (TPSA) is 73.9 Å². The van der Waals surface area contributed by atoms with E-state index in [4.69, 9.17) is 14.2 Å². The average Bonchev–Trinajstić information content (AvgIpc) is 3.09. The zero-order valence-corrected chi connectivity index (χ0v) is 16.5. The predicted molar refractivity (Wildman–Crippen MR) is 104 cm³/mol. The first kappa shape index (κ1) is 19.2. The summed E-state index contributed by atoms with van der Waals surface area (Å²) >= 11 is 1.47. The van der Waals surface area contributed by atoms with Gasteiger partial charge in [-0.1, -0.05) is 6.92 Å². The number of rotatable bonds is 6. The SMILES string of the molecule is COc1ccc(NC(=O)COC(=O)c2cc3c(s2)CC[C@@H](C)C3)cc1OC. The van der Waals surface area contributed by atoms with Crippen LogP contribution < -0.4 is 14.8 Å². The predicted octanol–water partition coefficient (Wildman–Crippen LogP) is 3.69. The number of carbonyl (C=O) groups excluding carboxylic acids is 2. The van der Waals surface area contributed by atoms with Gasteiger partial charge in [0.15, 0.2) is 18.1 Å². The lowest BCUT2D eigenvalue weighted by Crippen LogP contribution is -2.20. The summed E-state index contributed by atoms with van der Waals surface area (Å²) in [5.74, 6) is 0.849. The molecule has 1 heterocycles. The van der Waals surface area contributed by atoms with Gasteiger partial charge in [0.05, 0.1) is 14.2 Å². The summed E-state index contributed by atoms with van der Waals surface area (Å²) in [6, 6.07) is 6.93. The van der Waals surface area contributed by atoms with Crippen LogP contribution in [0.3, 0.4) is 0 Å². The third-order valence-electron chi connectivity index (χ3n) is 4.53. The molecule has 1 N–H and O–H groups in total. The molecule has 0 saturated heterocycles. The zero-order chi connectivity index (χ0) is 19.4. The Kier molecular flexibility index (Phi) is 6.01. The van der Waals surface area contributed by atoms with Gasteiger partial charge in [0.2, 0.25) is 0 Å². The average molecular weight is 389 g/mol. The van der Waals surface area contributed by atoms with Crippen molar-refractivity contribution in [3.63, 3.8) is 0 Å². The van der Waals surface area contributed by atoms with Gasteiger partial charge in [0, 0.05) is 16.6 Å². The van der Waals surface area contributed by atoms with Crippen LogP contribution in [-0.4, -0.2) is 32.7 Å². The Balaban J connectivity index is 1.55. The molecule has 0 bridgehead atoms. The molecule has 1 atom stereocenters. The Bertz CT molecular complexity index is 845. The van der Waals surface area contributed by atoms with E-state index in [0.717, 1.165) is 19.3 Å². The van der Waals surface area contributed by atoms with Crippen molar-refractivity contribution >= 4 is 28.9 Å². The van der Waals surface area contributed by atoms with E-state index < -0.39 is 11.9 Å².